The Hall–Kier alpha value is -2.68. The molecule has 0 bridgehead atoms. The van der Waals surface area contributed by atoms with Crippen molar-refractivity contribution in [3.8, 4) is 17.0 Å². The molecular formula is C16H13F3N4O2. The van der Waals surface area contributed by atoms with Gasteiger partial charge in [-0.2, -0.15) is 0 Å². The molecule has 0 amide bonds. The van der Waals surface area contributed by atoms with Gasteiger partial charge in [0.15, 0.2) is 5.65 Å². The van der Waals surface area contributed by atoms with Gasteiger partial charge in [-0.25, -0.2) is 0 Å². The third-order valence-corrected chi connectivity index (χ3v) is 4.00. The van der Waals surface area contributed by atoms with E-state index in [1.165, 1.54) is 24.3 Å². The minimum absolute atomic E-state index is 0.174. The summed E-state index contributed by atoms with van der Waals surface area (Å²) in [6.07, 6.45) is -0.467. The molecule has 1 aromatic carbocycles. The molecule has 3 heterocycles. The number of hydrogen-bond acceptors (Lipinski definition) is 5. The monoisotopic (exact) mass is 350 g/mol. The van der Waals surface area contributed by atoms with Crippen LogP contribution in [0.25, 0.3) is 16.9 Å². The molecule has 1 unspecified atom stereocenters. The van der Waals surface area contributed by atoms with Crippen LogP contribution >= 0.6 is 0 Å². The van der Waals surface area contributed by atoms with Gasteiger partial charge in [0.2, 0.25) is 0 Å². The Bertz CT molecular complexity index is 887. The van der Waals surface area contributed by atoms with Crippen LogP contribution in [-0.4, -0.2) is 39.2 Å². The van der Waals surface area contributed by atoms with Crippen molar-refractivity contribution in [1.29, 1.82) is 0 Å². The standard InChI is InChI=1S/C16H13F3N4O2/c17-16(18,19)25-12-3-1-10(2-4-12)13-8-23-14(7-20-13)21-22-15(23)11-5-6-24-9-11/h1-4,7-8,11H,5-6,9H2. The van der Waals surface area contributed by atoms with Gasteiger partial charge in [-0.05, 0) is 30.7 Å². The average molecular weight is 350 g/mol. The van der Waals surface area contributed by atoms with Crippen molar-refractivity contribution in [3.63, 3.8) is 0 Å². The van der Waals surface area contributed by atoms with Crippen LogP contribution in [-0.2, 0) is 4.74 Å². The SMILES string of the molecule is FC(F)(F)Oc1ccc(-c2cn3c(C4CCOC4)nnc3cn2)cc1. The van der Waals surface area contributed by atoms with Crippen LogP contribution < -0.4 is 4.74 Å². The number of halogens is 3. The molecule has 1 atom stereocenters. The van der Waals surface area contributed by atoms with E-state index in [9.17, 15) is 13.2 Å². The molecule has 9 heteroatoms. The topological polar surface area (TPSA) is 61.5 Å². The summed E-state index contributed by atoms with van der Waals surface area (Å²) in [7, 11) is 0. The van der Waals surface area contributed by atoms with Crippen LogP contribution in [0.2, 0.25) is 0 Å². The highest BCUT2D eigenvalue weighted by atomic mass is 19.4. The van der Waals surface area contributed by atoms with Crippen molar-refractivity contribution >= 4 is 5.65 Å². The van der Waals surface area contributed by atoms with Gasteiger partial charge in [0.05, 0.1) is 18.5 Å². The molecule has 2 aromatic heterocycles. The molecule has 130 valence electrons. The third-order valence-electron chi connectivity index (χ3n) is 4.00. The van der Waals surface area contributed by atoms with Gasteiger partial charge in [0, 0.05) is 24.3 Å². The Balaban J connectivity index is 1.66. The summed E-state index contributed by atoms with van der Waals surface area (Å²) in [4.78, 5) is 4.30. The Morgan fingerprint density at radius 1 is 1.16 bits per heavy atom. The second kappa shape index (κ2) is 5.99. The van der Waals surface area contributed by atoms with E-state index in [4.69, 9.17) is 4.74 Å². The predicted molar refractivity (Wildman–Crippen MR) is 81.1 cm³/mol. The van der Waals surface area contributed by atoms with Crippen LogP contribution in [0.15, 0.2) is 36.7 Å². The first-order chi connectivity index (χ1) is 12.0. The van der Waals surface area contributed by atoms with Gasteiger partial charge in [-0.1, -0.05) is 0 Å². The number of hydrogen-bond donors (Lipinski definition) is 0. The zero-order chi connectivity index (χ0) is 17.4. The number of alkyl halides is 3. The van der Waals surface area contributed by atoms with E-state index in [1.54, 1.807) is 12.4 Å². The highest BCUT2D eigenvalue weighted by molar-refractivity contribution is 5.60. The second-order valence-electron chi connectivity index (χ2n) is 5.69. The van der Waals surface area contributed by atoms with E-state index < -0.39 is 6.36 Å². The Labute approximate surface area is 140 Å². The Morgan fingerprint density at radius 2 is 1.96 bits per heavy atom. The summed E-state index contributed by atoms with van der Waals surface area (Å²) in [5, 5.41) is 8.32. The first kappa shape index (κ1) is 15.8. The molecule has 0 radical (unpaired) electrons. The Morgan fingerprint density at radius 3 is 2.64 bits per heavy atom. The summed E-state index contributed by atoms with van der Waals surface area (Å²) in [6, 6.07) is 5.56. The molecule has 1 aliphatic rings. The van der Waals surface area contributed by atoms with E-state index in [0.29, 0.717) is 30.1 Å². The number of rotatable bonds is 3. The fourth-order valence-electron chi connectivity index (χ4n) is 2.81. The highest BCUT2D eigenvalue weighted by Crippen LogP contribution is 2.27. The summed E-state index contributed by atoms with van der Waals surface area (Å²) in [6.45, 7) is 1.29. The minimum atomic E-state index is -4.71. The van der Waals surface area contributed by atoms with Gasteiger partial charge in [-0.3, -0.25) is 9.38 Å². The first-order valence-corrected chi connectivity index (χ1v) is 7.64. The maximum Gasteiger partial charge on any atom is 0.573 e. The van der Waals surface area contributed by atoms with Crippen molar-refractivity contribution in [1.82, 2.24) is 19.6 Å². The van der Waals surface area contributed by atoms with Crippen molar-refractivity contribution < 1.29 is 22.6 Å². The molecule has 0 saturated carbocycles. The molecular weight excluding hydrogens is 337 g/mol. The van der Waals surface area contributed by atoms with Crippen molar-refractivity contribution in [3.05, 3.63) is 42.5 Å². The quantitative estimate of drug-likeness (QED) is 0.726. The van der Waals surface area contributed by atoms with E-state index in [-0.39, 0.29) is 11.7 Å². The minimum Gasteiger partial charge on any atom is -0.406 e. The van der Waals surface area contributed by atoms with Gasteiger partial charge in [-0.15, -0.1) is 23.4 Å². The van der Waals surface area contributed by atoms with Crippen LogP contribution in [0.3, 0.4) is 0 Å². The fraction of sp³-hybridized carbons (Fsp3) is 0.312. The van der Waals surface area contributed by atoms with Crippen LogP contribution in [0.4, 0.5) is 13.2 Å². The number of benzene rings is 1. The molecule has 25 heavy (non-hydrogen) atoms. The number of nitrogens with zero attached hydrogens (tertiary/aromatic N) is 4. The molecule has 1 fully saturated rings. The first-order valence-electron chi connectivity index (χ1n) is 7.64. The van der Waals surface area contributed by atoms with E-state index in [1.807, 2.05) is 4.40 Å². The molecule has 6 nitrogen and oxygen atoms in total. The van der Waals surface area contributed by atoms with Gasteiger partial charge in [0.25, 0.3) is 0 Å². The van der Waals surface area contributed by atoms with Crippen molar-refractivity contribution in [2.45, 2.75) is 18.7 Å². The van der Waals surface area contributed by atoms with Gasteiger partial charge in [0.1, 0.15) is 11.6 Å². The van der Waals surface area contributed by atoms with E-state index in [2.05, 4.69) is 19.9 Å². The molecule has 0 N–H and O–H groups in total. The van der Waals surface area contributed by atoms with Crippen molar-refractivity contribution in [2.75, 3.05) is 13.2 Å². The number of fused-ring (bicyclic) bond motifs is 1. The lowest BCUT2D eigenvalue weighted by Gasteiger charge is -2.10. The summed E-state index contributed by atoms with van der Waals surface area (Å²) in [5.74, 6) is 0.700. The predicted octanol–water partition coefficient (Wildman–Crippen LogP) is 3.19. The highest BCUT2D eigenvalue weighted by Gasteiger charge is 2.31. The van der Waals surface area contributed by atoms with E-state index >= 15 is 0 Å². The largest absolute Gasteiger partial charge is 0.573 e. The number of ether oxygens (including phenoxy) is 2. The van der Waals surface area contributed by atoms with Crippen LogP contribution in [0.5, 0.6) is 5.75 Å². The zero-order valence-corrected chi connectivity index (χ0v) is 12.9. The van der Waals surface area contributed by atoms with Crippen LogP contribution in [0.1, 0.15) is 18.2 Å². The lowest BCUT2D eigenvalue weighted by Crippen LogP contribution is -2.16. The molecule has 1 aliphatic heterocycles. The zero-order valence-electron chi connectivity index (χ0n) is 12.9. The molecule has 3 aromatic rings. The normalized spacial score (nSPS) is 18.0. The molecule has 1 saturated heterocycles. The fourth-order valence-corrected chi connectivity index (χ4v) is 2.81. The number of aromatic nitrogens is 4. The lowest BCUT2D eigenvalue weighted by molar-refractivity contribution is -0.274. The smallest absolute Gasteiger partial charge is 0.406 e. The molecule has 0 spiro atoms. The maximum absolute atomic E-state index is 12.2. The van der Waals surface area contributed by atoms with Crippen LogP contribution in [0, 0.1) is 0 Å². The lowest BCUT2D eigenvalue weighted by atomic mass is 10.1. The molecule has 4 rings (SSSR count). The third kappa shape index (κ3) is 3.27. The summed E-state index contributed by atoms with van der Waals surface area (Å²) >= 11 is 0. The van der Waals surface area contributed by atoms with E-state index in [0.717, 1.165) is 12.2 Å². The van der Waals surface area contributed by atoms with Crippen molar-refractivity contribution in [2.24, 2.45) is 0 Å². The van der Waals surface area contributed by atoms with Gasteiger partial charge >= 0.3 is 6.36 Å². The average Bonchev–Trinajstić information content (AvgIpc) is 3.22. The summed E-state index contributed by atoms with van der Waals surface area (Å²) in [5.41, 5.74) is 1.88. The maximum atomic E-state index is 12.2. The van der Waals surface area contributed by atoms with Gasteiger partial charge < -0.3 is 9.47 Å². The Kier molecular flexibility index (Phi) is 3.79. The summed E-state index contributed by atoms with van der Waals surface area (Å²) < 4.78 is 47.8. The molecule has 0 aliphatic carbocycles. The second-order valence-corrected chi connectivity index (χ2v) is 5.69.